The van der Waals surface area contributed by atoms with Crippen molar-refractivity contribution in [2.45, 2.75) is 105 Å². The maximum atomic E-state index is 7.18. The molecular formula is C70H69N4OP. The molecule has 12 rings (SSSR count). The molecular weight excluding hydrogens is 944 g/mol. The molecule has 0 spiro atoms. The van der Waals surface area contributed by atoms with E-state index in [2.05, 4.69) is 279 Å². The molecule has 1 aliphatic rings. The third-order valence-corrected chi connectivity index (χ3v) is 18.1. The lowest BCUT2D eigenvalue weighted by atomic mass is 9.77. The standard InChI is InChI=1S/C70H69N4OP/c1-67(2,3)47-33-34-71-63(40-47)74-59-31-22-32-61-64(59)65-60(74)42-53(43-62(65)76(61)54-27-17-14-18-28-54)75-52-26-21-25-51(41-52)72-44-73(58-30-20-19-29-57(58)72)66-55(45-23-15-13-16-24-45)38-50(70(10,11)12)39-56(66)46-35-48(68(4,5)6)37-49(36-46)69(7,8)9/h13-43H,44H2,1-12H3. The fourth-order valence-corrected chi connectivity index (χ4v) is 14.0. The Bertz CT molecular complexity index is 3950. The van der Waals surface area contributed by atoms with Crippen LogP contribution >= 0.6 is 7.53 Å². The van der Waals surface area contributed by atoms with E-state index in [1.54, 1.807) is 0 Å². The molecule has 3 aromatic heterocycles. The Balaban J connectivity index is 1.01. The zero-order valence-corrected chi connectivity index (χ0v) is 47.1. The molecule has 0 saturated heterocycles. The molecule has 1 atom stereocenters. The van der Waals surface area contributed by atoms with Crippen LogP contribution < -0.4 is 14.5 Å². The molecule has 0 fully saturated rings. The monoisotopic (exact) mass is 1010 g/mol. The number of ether oxygens (including phenoxy) is 1. The highest BCUT2D eigenvalue weighted by molar-refractivity contribution is 7.68. The van der Waals surface area contributed by atoms with Gasteiger partial charge in [-0.1, -0.05) is 194 Å². The molecule has 11 aromatic rings. The molecule has 0 amide bonds. The van der Waals surface area contributed by atoms with Crippen LogP contribution in [0.2, 0.25) is 0 Å². The lowest BCUT2D eigenvalue weighted by Crippen LogP contribution is -2.25. The Kier molecular flexibility index (Phi) is 11.7. The van der Waals surface area contributed by atoms with Crippen molar-refractivity contribution in [3.8, 4) is 44.9 Å². The number of aromatic nitrogens is 2. The van der Waals surface area contributed by atoms with Gasteiger partial charge in [0.05, 0.1) is 28.1 Å². The summed E-state index contributed by atoms with van der Waals surface area (Å²) in [4.78, 5) is 10.1. The predicted octanol–water partition coefficient (Wildman–Crippen LogP) is 20.3. The van der Waals surface area contributed by atoms with Gasteiger partial charge in [-0.25, -0.2) is 4.98 Å². The van der Waals surface area contributed by atoms with E-state index in [-0.39, 0.29) is 21.7 Å². The maximum absolute atomic E-state index is 7.18. The van der Waals surface area contributed by atoms with Crippen molar-refractivity contribution in [1.29, 1.82) is 0 Å². The van der Waals surface area contributed by atoms with Crippen molar-refractivity contribution in [2.24, 2.45) is 0 Å². The second kappa shape index (κ2) is 18.0. The van der Waals surface area contributed by atoms with E-state index in [4.69, 9.17) is 9.72 Å². The highest BCUT2D eigenvalue weighted by atomic mass is 31.1. The summed E-state index contributed by atoms with van der Waals surface area (Å²) >= 11 is 0. The average molecular weight is 1010 g/mol. The summed E-state index contributed by atoms with van der Waals surface area (Å²) in [6, 6.07) is 67.7. The van der Waals surface area contributed by atoms with Crippen LogP contribution in [-0.2, 0) is 21.7 Å². The van der Waals surface area contributed by atoms with E-state index in [0.29, 0.717) is 6.67 Å². The smallest absolute Gasteiger partial charge is 0.137 e. The zero-order valence-electron chi connectivity index (χ0n) is 46.2. The van der Waals surface area contributed by atoms with Crippen LogP contribution in [0.3, 0.4) is 0 Å². The van der Waals surface area contributed by atoms with E-state index >= 15 is 0 Å². The molecule has 8 aromatic carbocycles. The van der Waals surface area contributed by atoms with Crippen LogP contribution in [0.15, 0.2) is 188 Å². The number of para-hydroxylation sites is 2. The highest BCUT2D eigenvalue weighted by Crippen LogP contribution is 2.60. The molecule has 0 radical (unpaired) electrons. The van der Waals surface area contributed by atoms with Crippen LogP contribution in [0.25, 0.3) is 65.4 Å². The van der Waals surface area contributed by atoms with E-state index in [9.17, 15) is 0 Å². The molecule has 0 saturated carbocycles. The van der Waals surface area contributed by atoms with Crippen LogP contribution in [0.5, 0.6) is 11.5 Å². The first-order valence-electron chi connectivity index (χ1n) is 27.0. The largest absolute Gasteiger partial charge is 0.457 e. The molecule has 1 aliphatic heterocycles. The fraction of sp³-hybridized carbons (Fsp3) is 0.243. The van der Waals surface area contributed by atoms with Gasteiger partial charge >= 0.3 is 0 Å². The van der Waals surface area contributed by atoms with Crippen molar-refractivity contribution in [2.75, 3.05) is 16.5 Å². The number of nitrogens with zero attached hydrogens (tertiary/aromatic N) is 4. The SMILES string of the molecule is CC(C)(C)c1cc(-c2cc(C(C)(C)C)cc(-c3ccccc3)c2N2CN(c3cccc(Oc4cc5c6c7c(cccc7p(-c7ccccc7)c6c4)n5-c4cc(C(C)(C)C)ccn4)c3)c3ccccc32)cc(C(C)(C)C)c1. The van der Waals surface area contributed by atoms with Crippen LogP contribution in [-0.4, -0.2) is 16.2 Å². The zero-order chi connectivity index (χ0) is 53.1. The predicted molar refractivity (Wildman–Crippen MR) is 326 cm³/mol. The highest BCUT2D eigenvalue weighted by Gasteiger charge is 2.34. The molecule has 1 unspecified atom stereocenters. The second-order valence-electron chi connectivity index (χ2n) is 25.1. The lowest BCUT2D eigenvalue weighted by molar-refractivity contribution is 0.484. The van der Waals surface area contributed by atoms with Crippen molar-refractivity contribution < 1.29 is 4.74 Å². The summed E-state index contributed by atoms with van der Waals surface area (Å²) in [6.07, 6.45) is 1.96. The Morgan fingerprint density at radius 1 is 0.434 bits per heavy atom. The summed E-state index contributed by atoms with van der Waals surface area (Å²) in [6.45, 7) is 28.4. The second-order valence-corrected chi connectivity index (χ2v) is 27.2. The van der Waals surface area contributed by atoms with Crippen molar-refractivity contribution in [3.63, 3.8) is 0 Å². The summed E-state index contributed by atoms with van der Waals surface area (Å²) in [5.41, 5.74) is 16.8. The number of anilines is 4. The number of benzene rings is 8. The molecule has 0 bridgehead atoms. The quantitative estimate of drug-likeness (QED) is 0.152. The average Bonchev–Trinajstić information content (AvgIpc) is 4.11. The van der Waals surface area contributed by atoms with Gasteiger partial charge in [-0.15, -0.1) is 0 Å². The number of fused-ring (bicyclic) bond motifs is 1. The van der Waals surface area contributed by atoms with Gasteiger partial charge in [0.15, 0.2) is 0 Å². The van der Waals surface area contributed by atoms with Gasteiger partial charge in [-0.2, -0.15) is 0 Å². The van der Waals surface area contributed by atoms with Gasteiger partial charge in [0.2, 0.25) is 0 Å². The van der Waals surface area contributed by atoms with Crippen LogP contribution in [0, 0.1) is 0 Å². The van der Waals surface area contributed by atoms with Gasteiger partial charge < -0.3 is 14.5 Å². The first-order chi connectivity index (χ1) is 36.2. The third kappa shape index (κ3) is 8.63. The Labute approximate surface area is 450 Å². The number of rotatable bonds is 8. The topological polar surface area (TPSA) is 33.5 Å². The first-order valence-corrected chi connectivity index (χ1v) is 28.3. The molecule has 5 nitrogen and oxygen atoms in total. The number of hydrogen-bond donors (Lipinski definition) is 0. The summed E-state index contributed by atoms with van der Waals surface area (Å²) in [5, 5.41) is 6.64. The van der Waals surface area contributed by atoms with Gasteiger partial charge in [0.1, 0.15) is 24.0 Å². The van der Waals surface area contributed by atoms with Crippen LogP contribution in [0.1, 0.15) is 105 Å². The fourth-order valence-electron chi connectivity index (χ4n) is 11.3. The minimum absolute atomic E-state index is 0.0325. The van der Waals surface area contributed by atoms with E-state index < -0.39 is 7.53 Å². The van der Waals surface area contributed by atoms with E-state index in [1.807, 2.05) is 6.20 Å². The summed E-state index contributed by atoms with van der Waals surface area (Å²) in [7, 11) is -0.825. The van der Waals surface area contributed by atoms with Crippen molar-refractivity contribution in [3.05, 3.63) is 210 Å². The molecule has 0 aliphatic carbocycles. The van der Waals surface area contributed by atoms with Gasteiger partial charge in [0, 0.05) is 56.2 Å². The normalized spacial score (nSPS) is 13.7. The summed E-state index contributed by atoms with van der Waals surface area (Å²) < 4.78 is 9.54. The Morgan fingerprint density at radius 2 is 1.01 bits per heavy atom. The number of pyridine rings is 1. The molecule has 76 heavy (non-hydrogen) atoms. The van der Waals surface area contributed by atoms with Crippen molar-refractivity contribution >= 4 is 62.3 Å². The van der Waals surface area contributed by atoms with E-state index in [1.165, 1.54) is 82.0 Å². The molecule has 6 heteroatoms. The number of hydrogen-bond acceptors (Lipinski definition) is 4. The first kappa shape index (κ1) is 49.3. The van der Waals surface area contributed by atoms with E-state index in [0.717, 1.165) is 39.9 Å². The molecule has 380 valence electrons. The minimum atomic E-state index is -0.825. The molecule has 0 N–H and O–H groups in total. The molecule has 4 heterocycles. The third-order valence-electron chi connectivity index (χ3n) is 15.6. The Morgan fingerprint density at radius 3 is 1.67 bits per heavy atom. The maximum Gasteiger partial charge on any atom is 0.137 e. The van der Waals surface area contributed by atoms with Crippen molar-refractivity contribution in [1.82, 2.24) is 9.55 Å². The lowest BCUT2D eigenvalue weighted by Gasteiger charge is -2.31. The summed E-state index contributed by atoms with van der Waals surface area (Å²) in [5.74, 6) is 2.51. The van der Waals surface area contributed by atoms with Gasteiger partial charge in [-0.05, 0) is 127 Å². The minimum Gasteiger partial charge on any atom is -0.457 e. The van der Waals surface area contributed by atoms with Crippen LogP contribution in [0.4, 0.5) is 22.7 Å². The van der Waals surface area contributed by atoms with Gasteiger partial charge in [-0.3, -0.25) is 4.57 Å². The Hall–Kier alpha value is -7.59. The van der Waals surface area contributed by atoms with Gasteiger partial charge in [0.25, 0.3) is 0 Å².